The highest BCUT2D eigenvalue weighted by molar-refractivity contribution is 9.10. The minimum absolute atomic E-state index is 0.0631. The number of esters is 1. The van der Waals surface area contributed by atoms with Crippen LogP contribution in [0.25, 0.3) is 0 Å². The first kappa shape index (κ1) is 22.9. The molecule has 2 aromatic carbocycles. The zero-order valence-corrected chi connectivity index (χ0v) is 18.8. The Hall–Kier alpha value is -2.75. The van der Waals surface area contributed by atoms with E-state index in [-0.39, 0.29) is 23.2 Å². The van der Waals surface area contributed by atoms with Crippen LogP contribution in [0.2, 0.25) is 5.02 Å². The predicted octanol–water partition coefficient (Wildman–Crippen LogP) is 3.53. The normalized spacial score (nSPS) is 12.7. The molecule has 8 nitrogen and oxygen atoms in total. The molecule has 1 N–H and O–H groups in total. The summed E-state index contributed by atoms with van der Waals surface area (Å²) in [4.78, 5) is 50.4. The lowest BCUT2D eigenvalue weighted by Gasteiger charge is -2.12. The van der Waals surface area contributed by atoms with Crippen molar-refractivity contribution in [2.45, 2.75) is 6.42 Å². The van der Waals surface area contributed by atoms with Crippen molar-refractivity contribution in [3.05, 3.63) is 62.6 Å². The molecule has 0 unspecified atom stereocenters. The van der Waals surface area contributed by atoms with E-state index in [0.29, 0.717) is 23.7 Å². The largest absolute Gasteiger partial charge is 0.452 e. The van der Waals surface area contributed by atoms with Crippen molar-refractivity contribution in [3.63, 3.8) is 0 Å². The molecule has 2 aromatic rings. The summed E-state index contributed by atoms with van der Waals surface area (Å²) in [6, 6.07) is 9.02. The number of ether oxygens (including phenoxy) is 2. The molecule has 0 radical (unpaired) electrons. The molecule has 0 atom stereocenters. The molecule has 0 saturated heterocycles. The van der Waals surface area contributed by atoms with E-state index in [2.05, 4.69) is 21.2 Å². The van der Waals surface area contributed by atoms with Gasteiger partial charge in [0.1, 0.15) is 0 Å². The van der Waals surface area contributed by atoms with E-state index in [4.69, 9.17) is 21.1 Å². The Balaban J connectivity index is 1.61. The summed E-state index contributed by atoms with van der Waals surface area (Å²) in [5, 5.41) is 2.87. The molecule has 0 saturated carbocycles. The van der Waals surface area contributed by atoms with Gasteiger partial charge in [-0.05, 0) is 42.8 Å². The number of hydrogen-bond donors (Lipinski definition) is 1. The minimum atomic E-state index is -0.794. The molecule has 0 fully saturated rings. The number of anilines is 1. The molecule has 0 aliphatic carbocycles. The number of fused-ring (bicyclic) bond motifs is 1. The van der Waals surface area contributed by atoms with Gasteiger partial charge in [0.25, 0.3) is 17.7 Å². The van der Waals surface area contributed by atoms with Crippen LogP contribution < -0.4 is 5.32 Å². The fourth-order valence-electron chi connectivity index (χ4n) is 2.98. The highest BCUT2D eigenvalue weighted by atomic mass is 79.9. The summed E-state index contributed by atoms with van der Waals surface area (Å²) in [6.07, 6.45) is 0.508. The molecule has 1 heterocycles. The van der Waals surface area contributed by atoms with Crippen molar-refractivity contribution in [1.82, 2.24) is 4.90 Å². The number of carbonyl (C=O) groups is 4. The van der Waals surface area contributed by atoms with Gasteiger partial charge in [-0.25, -0.2) is 4.79 Å². The molecule has 1 aliphatic rings. The maximum atomic E-state index is 12.5. The van der Waals surface area contributed by atoms with Crippen LogP contribution in [0.3, 0.4) is 0 Å². The van der Waals surface area contributed by atoms with Crippen LogP contribution in [0.4, 0.5) is 5.69 Å². The third kappa shape index (κ3) is 5.30. The number of halogens is 2. The summed E-state index contributed by atoms with van der Waals surface area (Å²) in [5.74, 6) is -2.26. The maximum Gasteiger partial charge on any atom is 0.338 e. The Bertz CT molecular complexity index is 1060. The molecule has 3 amide bonds. The predicted molar refractivity (Wildman–Crippen MR) is 116 cm³/mol. The second-order valence-electron chi connectivity index (χ2n) is 6.62. The number of nitrogens with one attached hydrogen (secondary N) is 1. The quantitative estimate of drug-likeness (QED) is 0.332. The van der Waals surface area contributed by atoms with Gasteiger partial charge in [-0.2, -0.15) is 0 Å². The number of methoxy groups -OCH3 is 1. The van der Waals surface area contributed by atoms with Gasteiger partial charge in [0, 0.05) is 24.7 Å². The number of hydrogen-bond acceptors (Lipinski definition) is 6. The average Bonchev–Trinajstić information content (AvgIpc) is 2.98. The Kier molecular flexibility index (Phi) is 7.42. The topological polar surface area (TPSA) is 102 Å². The van der Waals surface area contributed by atoms with E-state index in [9.17, 15) is 19.2 Å². The molecule has 162 valence electrons. The van der Waals surface area contributed by atoms with Crippen LogP contribution in [0.15, 0.2) is 40.9 Å². The van der Waals surface area contributed by atoms with E-state index < -0.39 is 30.3 Å². The smallest absolute Gasteiger partial charge is 0.338 e. The van der Waals surface area contributed by atoms with Crippen molar-refractivity contribution in [3.8, 4) is 0 Å². The number of amides is 3. The number of nitrogens with zero attached hydrogens (tertiary/aromatic N) is 1. The van der Waals surface area contributed by atoms with Crippen LogP contribution in [-0.4, -0.2) is 55.5 Å². The molecular formula is C21H18BrClN2O6. The van der Waals surface area contributed by atoms with Crippen LogP contribution in [0.5, 0.6) is 0 Å². The second kappa shape index (κ2) is 10.0. The SMILES string of the molecule is COCCCN1C(=O)c2ccc(C(=O)OCC(=O)Nc3ccc(Br)cc3Cl)cc2C1=O. The fraction of sp³-hybridized carbons (Fsp3) is 0.238. The Morgan fingerprint density at radius 1 is 1.10 bits per heavy atom. The number of rotatable bonds is 8. The summed E-state index contributed by atoms with van der Waals surface area (Å²) < 4.78 is 10.7. The van der Waals surface area contributed by atoms with Gasteiger partial charge in [-0.1, -0.05) is 27.5 Å². The van der Waals surface area contributed by atoms with Gasteiger partial charge in [0.15, 0.2) is 6.61 Å². The van der Waals surface area contributed by atoms with Gasteiger partial charge in [0.2, 0.25) is 0 Å². The number of imide groups is 1. The molecule has 3 rings (SSSR count). The van der Waals surface area contributed by atoms with Gasteiger partial charge in [0.05, 0.1) is 27.4 Å². The zero-order valence-electron chi connectivity index (χ0n) is 16.4. The molecule has 31 heavy (non-hydrogen) atoms. The van der Waals surface area contributed by atoms with Crippen molar-refractivity contribution in [2.24, 2.45) is 0 Å². The molecule has 0 bridgehead atoms. The first-order valence-electron chi connectivity index (χ1n) is 9.23. The van der Waals surface area contributed by atoms with Crippen molar-refractivity contribution < 1.29 is 28.7 Å². The summed E-state index contributed by atoms with van der Waals surface area (Å²) in [5.41, 5.74) is 0.791. The van der Waals surface area contributed by atoms with Gasteiger partial charge in [-0.15, -0.1) is 0 Å². The lowest BCUT2D eigenvalue weighted by Crippen LogP contribution is -2.31. The fourth-order valence-corrected chi connectivity index (χ4v) is 3.70. The summed E-state index contributed by atoms with van der Waals surface area (Å²) >= 11 is 9.31. The van der Waals surface area contributed by atoms with Gasteiger partial charge >= 0.3 is 5.97 Å². The first-order chi connectivity index (χ1) is 14.8. The molecule has 0 aromatic heterocycles. The van der Waals surface area contributed by atoms with Crippen LogP contribution in [0.1, 0.15) is 37.5 Å². The number of carbonyl (C=O) groups excluding carboxylic acids is 4. The highest BCUT2D eigenvalue weighted by Crippen LogP contribution is 2.26. The molecular weight excluding hydrogens is 492 g/mol. The molecule has 0 spiro atoms. The lowest BCUT2D eigenvalue weighted by molar-refractivity contribution is -0.119. The third-order valence-corrected chi connectivity index (χ3v) is 5.28. The van der Waals surface area contributed by atoms with Crippen molar-refractivity contribution in [2.75, 3.05) is 32.2 Å². The van der Waals surface area contributed by atoms with Crippen molar-refractivity contribution in [1.29, 1.82) is 0 Å². The Labute approximate surface area is 191 Å². The second-order valence-corrected chi connectivity index (χ2v) is 7.94. The first-order valence-corrected chi connectivity index (χ1v) is 10.4. The van der Waals surface area contributed by atoms with Gasteiger partial charge < -0.3 is 14.8 Å². The number of benzene rings is 2. The summed E-state index contributed by atoms with van der Waals surface area (Å²) in [7, 11) is 1.54. The van der Waals surface area contributed by atoms with Crippen LogP contribution >= 0.6 is 27.5 Å². The van der Waals surface area contributed by atoms with E-state index in [1.807, 2.05) is 0 Å². The minimum Gasteiger partial charge on any atom is -0.452 e. The van der Waals surface area contributed by atoms with E-state index in [1.165, 1.54) is 25.3 Å². The van der Waals surface area contributed by atoms with E-state index >= 15 is 0 Å². The lowest BCUT2D eigenvalue weighted by atomic mass is 10.1. The van der Waals surface area contributed by atoms with Crippen LogP contribution in [-0.2, 0) is 14.3 Å². The standard InChI is InChI=1S/C21H18BrClN2O6/c1-30-8-2-7-25-19(27)14-5-3-12(9-15(14)20(25)28)21(29)31-11-18(26)24-17-6-4-13(22)10-16(17)23/h3-6,9-10H,2,7-8,11H2,1H3,(H,24,26). The van der Waals surface area contributed by atoms with E-state index in [0.717, 1.165) is 9.37 Å². The molecule has 10 heteroatoms. The Morgan fingerprint density at radius 3 is 2.55 bits per heavy atom. The van der Waals surface area contributed by atoms with Crippen molar-refractivity contribution >= 4 is 56.9 Å². The summed E-state index contributed by atoms with van der Waals surface area (Å²) in [6.45, 7) is 0.0929. The Morgan fingerprint density at radius 2 is 1.84 bits per heavy atom. The highest BCUT2D eigenvalue weighted by Gasteiger charge is 2.35. The van der Waals surface area contributed by atoms with E-state index in [1.54, 1.807) is 18.2 Å². The maximum absolute atomic E-state index is 12.5. The monoisotopic (exact) mass is 508 g/mol. The van der Waals surface area contributed by atoms with Crippen LogP contribution in [0, 0.1) is 0 Å². The van der Waals surface area contributed by atoms with Gasteiger partial charge in [-0.3, -0.25) is 19.3 Å². The average molecular weight is 510 g/mol. The zero-order chi connectivity index (χ0) is 22.5. The molecule has 1 aliphatic heterocycles. The third-order valence-electron chi connectivity index (χ3n) is 4.48.